The summed E-state index contributed by atoms with van der Waals surface area (Å²) in [6.07, 6.45) is 0.415. The Bertz CT molecular complexity index is 893. The fraction of sp³-hybridized carbons (Fsp3) is 0.389. The molecule has 0 bridgehead atoms. The second kappa shape index (κ2) is 8.35. The number of sulfone groups is 1. The van der Waals surface area contributed by atoms with Gasteiger partial charge in [0.15, 0.2) is 21.1 Å². The Morgan fingerprint density at radius 1 is 1.22 bits per heavy atom. The van der Waals surface area contributed by atoms with Gasteiger partial charge in [-0.15, -0.1) is 0 Å². The average Bonchev–Trinajstić information content (AvgIpc) is 3.22. The second-order valence-electron chi connectivity index (χ2n) is 6.25. The van der Waals surface area contributed by atoms with E-state index in [4.69, 9.17) is 13.9 Å². The zero-order chi connectivity index (χ0) is 19.4. The van der Waals surface area contributed by atoms with E-state index in [0.29, 0.717) is 28.3 Å². The topological polar surface area (TPSA) is 86.1 Å². The lowest BCUT2D eigenvalue weighted by Gasteiger charge is -2.27. The molecule has 1 aliphatic heterocycles. The first-order chi connectivity index (χ1) is 12.9. The van der Waals surface area contributed by atoms with E-state index in [1.54, 1.807) is 43.5 Å². The van der Waals surface area contributed by atoms with Gasteiger partial charge < -0.3 is 18.8 Å². The average molecular weight is 458 g/mol. The highest BCUT2D eigenvalue weighted by atomic mass is 79.9. The molecule has 1 amide bonds. The van der Waals surface area contributed by atoms with Crippen LogP contribution in [0.1, 0.15) is 12.2 Å². The number of hydrogen-bond donors (Lipinski definition) is 0. The minimum absolute atomic E-state index is 0.0385. The van der Waals surface area contributed by atoms with Gasteiger partial charge in [-0.1, -0.05) is 0 Å². The molecule has 9 heteroatoms. The van der Waals surface area contributed by atoms with Crippen LogP contribution in [0.5, 0.6) is 11.5 Å². The highest BCUT2D eigenvalue weighted by Crippen LogP contribution is 2.23. The normalized spacial score (nSPS) is 18.2. The maximum absolute atomic E-state index is 12.8. The van der Waals surface area contributed by atoms with E-state index >= 15 is 0 Å². The van der Waals surface area contributed by atoms with Crippen molar-refractivity contribution in [2.45, 2.75) is 19.0 Å². The molecule has 0 aliphatic carbocycles. The van der Waals surface area contributed by atoms with Gasteiger partial charge in [0, 0.05) is 6.04 Å². The van der Waals surface area contributed by atoms with Gasteiger partial charge in [-0.05, 0) is 58.7 Å². The maximum Gasteiger partial charge on any atom is 0.261 e. The van der Waals surface area contributed by atoms with Gasteiger partial charge in [0.2, 0.25) is 0 Å². The Balaban J connectivity index is 1.69. The van der Waals surface area contributed by atoms with Gasteiger partial charge >= 0.3 is 0 Å². The minimum atomic E-state index is -3.12. The predicted octanol–water partition coefficient (Wildman–Crippen LogP) is 2.65. The summed E-state index contributed by atoms with van der Waals surface area (Å²) in [6, 6.07) is 9.99. The third kappa shape index (κ3) is 5.26. The van der Waals surface area contributed by atoms with Crippen LogP contribution in [-0.2, 0) is 21.2 Å². The van der Waals surface area contributed by atoms with Gasteiger partial charge in [-0.3, -0.25) is 4.79 Å². The van der Waals surface area contributed by atoms with Crippen LogP contribution in [0, 0.1) is 0 Å². The lowest BCUT2D eigenvalue weighted by molar-refractivity contribution is -0.136. The number of halogens is 1. The maximum atomic E-state index is 12.8. The lowest BCUT2D eigenvalue weighted by atomic mass is 10.2. The van der Waals surface area contributed by atoms with E-state index in [2.05, 4.69) is 15.9 Å². The van der Waals surface area contributed by atoms with Crippen LogP contribution in [0.15, 0.2) is 45.5 Å². The molecule has 2 heterocycles. The van der Waals surface area contributed by atoms with Crippen molar-refractivity contribution in [2.75, 3.05) is 25.2 Å². The number of carbonyl (C=O) groups is 1. The molecule has 2 aromatic rings. The van der Waals surface area contributed by atoms with E-state index in [-0.39, 0.29) is 36.6 Å². The van der Waals surface area contributed by atoms with Crippen molar-refractivity contribution < 1.29 is 27.1 Å². The van der Waals surface area contributed by atoms with Crippen LogP contribution in [0.3, 0.4) is 0 Å². The highest BCUT2D eigenvalue weighted by molar-refractivity contribution is 9.10. The molecule has 1 aliphatic rings. The summed E-state index contributed by atoms with van der Waals surface area (Å²) < 4.78 is 40.4. The zero-order valence-electron chi connectivity index (χ0n) is 14.8. The summed E-state index contributed by atoms with van der Waals surface area (Å²) in [4.78, 5) is 14.3. The van der Waals surface area contributed by atoms with Crippen molar-refractivity contribution in [3.8, 4) is 11.5 Å². The number of hydrogen-bond acceptors (Lipinski definition) is 6. The number of methoxy groups -OCH3 is 1. The fourth-order valence-corrected chi connectivity index (χ4v) is 5.02. The number of carbonyl (C=O) groups excluding carboxylic acids is 1. The summed E-state index contributed by atoms with van der Waals surface area (Å²) in [6.45, 7) is 0.00134. The standard InChI is InChI=1S/C18H20BrNO6S/c1-24-14-2-4-15(5-3-14)25-11-18(21)20(10-16-6-7-17(19)26-16)13-8-9-27(22,23)12-13/h2-7,13H,8-12H2,1H3/t13-/m1/s1. The smallest absolute Gasteiger partial charge is 0.261 e. The predicted molar refractivity (Wildman–Crippen MR) is 103 cm³/mol. The lowest BCUT2D eigenvalue weighted by Crippen LogP contribution is -2.43. The van der Waals surface area contributed by atoms with Crippen LogP contribution < -0.4 is 9.47 Å². The third-order valence-electron chi connectivity index (χ3n) is 4.35. The third-order valence-corrected chi connectivity index (χ3v) is 6.52. The molecule has 1 aromatic carbocycles. The number of furan rings is 1. The molecule has 1 aromatic heterocycles. The monoisotopic (exact) mass is 457 g/mol. The molecule has 0 N–H and O–H groups in total. The quantitative estimate of drug-likeness (QED) is 0.634. The Morgan fingerprint density at radius 3 is 2.48 bits per heavy atom. The summed E-state index contributed by atoms with van der Waals surface area (Å²) in [5.41, 5.74) is 0. The van der Waals surface area contributed by atoms with Crippen LogP contribution in [-0.4, -0.2) is 50.5 Å². The van der Waals surface area contributed by atoms with Crippen molar-refractivity contribution >= 4 is 31.7 Å². The first kappa shape index (κ1) is 19.8. The molecule has 3 rings (SSSR count). The molecule has 7 nitrogen and oxygen atoms in total. The molecule has 0 spiro atoms. The van der Waals surface area contributed by atoms with Crippen molar-refractivity contribution in [3.05, 3.63) is 46.8 Å². The molecule has 0 unspecified atom stereocenters. The van der Waals surface area contributed by atoms with E-state index < -0.39 is 9.84 Å². The van der Waals surface area contributed by atoms with Crippen molar-refractivity contribution in [2.24, 2.45) is 0 Å². The van der Waals surface area contributed by atoms with Gasteiger partial charge in [-0.25, -0.2) is 8.42 Å². The molecule has 0 saturated carbocycles. The number of ether oxygens (including phenoxy) is 2. The Labute approximate surface area is 166 Å². The van der Waals surface area contributed by atoms with Crippen molar-refractivity contribution in [1.29, 1.82) is 0 Å². The number of amides is 1. The molecule has 1 atom stereocenters. The summed E-state index contributed by atoms with van der Waals surface area (Å²) >= 11 is 3.23. The van der Waals surface area contributed by atoms with E-state index in [1.807, 2.05) is 0 Å². The largest absolute Gasteiger partial charge is 0.497 e. The minimum Gasteiger partial charge on any atom is -0.497 e. The number of rotatable bonds is 7. The van der Waals surface area contributed by atoms with Gasteiger partial charge in [-0.2, -0.15) is 0 Å². The number of nitrogens with zero attached hydrogens (tertiary/aromatic N) is 1. The van der Waals surface area contributed by atoms with Gasteiger partial charge in [0.25, 0.3) is 5.91 Å². The summed E-state index contributed by atoms with van der Waals surface area (Å²) in [5.74, 6) is 1.55. The SMILES string of the molecule is COc1ccc(OCC(=O)N(Cc2ccc(Br)o2)[C@@H]2CCS(=O)(=O)C2)cc1. The van der Waals surface area contributed by atoms with Crippen LogP contribution in [0.2, 0.25) is 0 Å². The van der Waals surface area contributed by atoms with Crippen molar-refractivity contribution in [1.82, 2.24) is 4.90 Å². The van der Waals surface area contributed by atoms with Crippen LogP contribution in [0.25, 0.3) is 0 Å². The Hall–Kier alpha value is -2.00. The molecular formula is C18H20BrNO6S. The van der Waals surface area contributed by atoms with E-state index in [0.717, 1.165) is 0 Å². The van der Waals surface area contributed by atoms with E-state index in [1.165, 1.54) is 4.90 Å². The van der Waals surface area contributed by atoms with Crippen LogP contribution in [0.4, 0.5) is 0 Å². The van der Waals surface area contributed by atoms with E-state index in [9.17, 15) is 13.2 Å². The zero-order valence-corrected chi connectivity index (χ0v) is 17.2. The first-order valence-corrected chi connectivity index (χ1v) is 11.0. The van der Waals surface area contributed by atoms with Crippen LogP contribution >= 0.6 is 15.9 Å². The summed E-state index contributed by atoms with van der Waals surface area (Å²) in [5, 5.41) is 0. The summed E-state index contributed by atoms with van der Waals surface area (Å²) in [7, 11) is -1.55. The van der Waals surface area contributed by atoms with Gasteiger partial charge in [0.05, 0.1) is 25.2 Å². The molecule has 1 fully saturated rings. The fourth-order valence-electron chi connectivity index (χ4n) is 2.95. The van der Waals surface area contributed by atoms with Crippen molar-refractivity contribution in [3.63, 3.8) is 0 Å². The Morgan fingerprint density at radius 2 is 1.93 bits per heavy atom. The molecular weight excluding hydrogens is 438 g/mol. The number of benzene rings is 1. The molecule has 146 valence electrons. The highest BCUT2D eigenvalue weighted by Gasteiger charge is 2.35. The second-order valence-corrected chi connectivity index (χ2v) is 9.26. The van der Waals surface area contributed by atoms with Gasteiger partial charge in [0.1, 0.15) is 17.3 Å². The Kier molecular flexibility index (Phi) is 6.11. The molecule has 0 radical (unpaired) electrons. The molecule has 27 heavy (non-hydrogen) atoms. The first-order valence-electron chi connectivity index (χ1n) is 8.37. The molecule has 1 saturated heterocycles.